The fraction of sp³-hybridized carbons (Fsp3) is 0.353. The van der Waals surface area contributed by atoms with Gasteiger partial charge in [-0.25, -0.2) is 9.78 Å². The summed E-state index contributed by atoms with van der Waals surface area (Å²) in [5.74, 6) is -0.155. The Morgan fingerprint density at radius 1 is 1.30 bits per heavy atom. The first-order chi connectivity index (χ1) is 11.1. The molecule has 0 aliphatic rings. The average molecular weight is 312 g/mol. The maximum Gasteiger partial charge on any atom is 0.331 e. The Bertz CT molecular complexity index is 819. The van der Waals surface area contributed by atoms with E-state index in [1.807, 2.05) is 55.9 Å². The summed E-state index contributed by atoms with van der Waals surface area (Å²) in [6, 6.07) is 3.58. The van der Waals surface area contributed by atoms with E-state index in [1.165, 1.54) is 0 Å². The van der Waals surface area contributed by atoms with Crippen molar-refractivity contribution < 1.29 is 9.53 Å². The summed E-state index contributed by atoms with van der Waals surface area (Å²) in [6.07, 6.45) is 9.27. The molecule has 6 heteroatoms. The molecule has 120 valence electrons. The lowest BCUT2D eigenvalue weighted by molar-refractivity contribution is -0.149. The number of carbonyl (C=O) groups is 1. The van der Waals surface area contributed by atoms with Crippen LogP contribution in [0, 0.1) is 5.92 Å². The van der Waals surface area contributed by atoms with E-state index in [0.29, 0.717) is 6.61 Å². The number of hydrogen-bond donors (Lipinski definition) is 0. The van der Waals surface area contributed by atoms with E-state index in [9.17, 15) is 4.79 Å². The summed E-state index contributed by atoms with van der Waals surface area (Å²) in [5, 5.41) is 4.37. The van der Waals surface area contributed by atoms with Gasteiger partial charge in [-0.1, -0.05) is 13.8 Å². The molecule has 0 radical (unpaired) electrons. The molecule has 3 aromatic rings. The molecule has 0 fully saturated rings. The Hall–Kier alpha value is -2.63. The van der Waals surface area contributed by atoms with Crippen LogP contribution >= 0.6 is 0 Å². The van der Waals surface area contributed by atoms with Gasteiger partial charge in [-0.15, -0.1) is 0 Å². The van der Waals surface area contributed by atoms with E-state index < -0.39 is 6.04 Å². The fourth-order valence-corrected chi connectivity index (χ4v) is 2.64. The van der Waals surface area contributed by atoms with Gasteiger partial charge in [0.1, 0.15) is 5.65 Å². The number of rotatable bonds is 5. The molecule has 0 amide bonds. The second-order valence-corrected chi connectivity index (χ2v) is 5.76. The minimum Gasteiger partial charge on any atom is -0.464 e. The summed E-state index contributed by atoms with van der Waals surface area (Å²) in [4.78, 5) is 16.5. The van der Waals surface area contributed by atoms with E-state index in [4.69, 9.17) is 4.74 Å². The summed E-state index contributed by atoms with van der Waals surface area (Å²) in [5.41, 5.74) is 2.84. The van der Waals surface area contributed by atoms with Gasteiger partial charge in [-0.3, -0.25) is 4.68 Å². The molecule has 0 spiro atoms. The molecule has 0 N–H and O–H groups in total. The molecule has 0 aliphatic heterocycles. The van der Waals surface area contributed by atoms with Gasteiger partial charge in [0.05, 0.1) is 12.8 Å². The largest absolute Gasteiger partial charge is 0.464 e. The zero-order chi connectivity index (χ0) is 16.4. The molecule has 0 aromatic carbocycles. The number of hydrogen-bond acceptors (Lipinski definition) is 4. The van der Waals surface area contributed by atoms with Crippen LogP contribution in [0.25, 0.3) is 16.8 Å². The van der Waals surface area contributed by atoms with Gasteiger partial charge in [-0.2, -0.15) is 5.10 Å². The van der Waals surface area contributed by atoms with Crippen molar-refractivity contribution >= 4 is 11.6 Å². The zero-order valence-electron chi connectivity index (χ0n) is 13.5. The number of nitrogens with zero attached hydrogens (tertiary/aromatic N) is 4. The van der Waals surface area contributed by atoms with Crippen LogP contribution in [-0.2, 0) is 9.53 Å². The van der Waals surface area contributed by atoms with Crippen molar-refractivity contribution in [3.05, 3.63) is 43.1 Å². The Morgan fingerprint density at radius 2 is 2.13 bits per heavy atom. The molecular formula is C17H20N4O2. The van der Waals surface area contributed by atoms with Crippen LogP contribution in [0.2, 0.25) is 0 Å². The molecule has 0 bridgehead atoms. The topological polar surface area (TPSA) is 61.4 Å². The van der Waals surface area contributed by atoms with E-state index in [2.05, 4.69) is 10.1 Å². The Kier molecular flexibility index (Phi) is 4.14. The number of pyridine rings is 1. The Morgan fingerprint density at radius 3 is 2.87 bits per heavy atom. The van der Waals surface area contributed by atoms with E-state index in [-0.39, 0.29) is 11.9 Å². The van der Waals surface area contributed by atoms with Gasteiger partial charge in [0.25, 0.3) is 0 Å². The highest BCUT2D eigenvalue weighted by Crippen LogP contribution is 2.24. The number of fused-ring (bicyclic) bond motifs is 1. The molecular weight excluding hydrogens is 292 g/mol. The van der Waals surface area contributed by atoms with Crippen LogP contribution in [0.1, 0.15) is 26.8 Å². The van der Waals surface area contributed by atoms with E-state index in [0.717, 1.165) is 16.8 Å². The molecule has 1 atom stereocenters. The summed E-state index contributed by atoms with van der Waals surface area (Å²) < 4.78 is 8.80. The van der Waals surface area contributed by atoms with E-state index >= 15 is 0 Å². The molecule has 0 aliphatic carbocycles. The third kappa shape index (κ3) is 2.97. The molecule has 3 aromatic heterocycles. The standard InChI is InChI=1S/C17H20N4O2/c1-4-23-17(22)16(12(2)3)21-11-14(10-19-21)13-5-7-20-8-6-18-15(20)9-13/h5-12,16H,4H2,1-3H3. The first kappa shape index (κ1) is 15.3. The quantitative estimate of drug-likeness (QED) is 0.680. The minimum atomic E-state index is -0.418. The highest BCUT2D eigenvalue weighted by Gasteiger charge is 2.26. The monoisotopic (exact) mass is 312 g/mol. The SMILES string of the molecule is CCOC(=O)C(C(C)C)n1cc(-c2ccn3ccnc3c2)cn1. The molecule has 3 heterocycles. The number of ether oxygens (including phenoxy) is 1. The fourth-order valence-electron chi connectivity index (χ4n) is 2.64. The Labute approximate surface area is 134 Å². The maximum absolute atomic E-state index is 12.2. The van der Waals surface area contributed by atoms with Gasteiger partial charge in [0.2, 0.25) is 0 Å². The molecule has 3 rings (SSSR count). The normalized spacial score (nSPS) is 12.7. The van der Waals surface area contributed by atoms with Crippen molar-refractivity contribution in [3.8, 4) is 11.1 Å². The van der Waals surface area contributed by atoms with Crippen LogP contribution in [0.4, 0.5) is 0 Å². The van der Waals surface area contributed by atoms with E-state index in [1.54, 1.807) is 17.1 Å². The van der Waals surface area contributed by atoms with Crippen LogP contribution in [0.3, 0.4) is 0 Å². The lowest BCUT2D eigenvalue weighted by atomic mass is 10.0. The number of esters is 1. The summed E-state index contributed by atoms with van der Waals surface area (Å²) in [7, 11) is 0. The number of imidazole rings is 1. The highest BCUT2D eigenvalue weighted by molar-refractivity contribution is 5.75. The maximum atomic E-state index is 12.2. The smallest absolute Gasteiger partial charge is 0.331 e. The van der Waals surface area contributed by atoms with Gasteiger partial charge in [0, 0.05) is 30.4 Å². The molecule has 0 saturated carbocycles. The second-order valence-electron chi connectivity index (χ2n) is 5.76. The van der Waals surface area contributed by atoms with Crippen molar-refractivity contribution in [1.29, 1.82) is 0 Å². The van der Waals surface area contributed by atoms with Crippen LogP contribution < -0.4 is 0 Å². The Balaban J connectivity index is 1.93. The lowest BCUT2D eigenvalue weighted by Gasteiger charge is -2.19. The van der Waals surface area contributed by atoms with Crippen molar-refractivity contribution in [3.63, 3.8) is 0 Å². The van der Waals surface area contributed by atoms with Crippen LogP contribution in [-0.4, -0.2) is 31.7 Å². The number of carbonyl (C=O) groups excluding carboxylic acids is 1. The molecule has 23 heavy (non-hydrogen) atoms. The van der Waals surface area contributed by atoms with Gasteiger partial charge < -0.3 is 9.14 Å². The molecule has 1 unspecified atom stereocenters. The third-order valence-corrected chi connectivity index (χ3v) is 3.78. The van der Waals surface area contributed by atoms with Gasteiger partial charge >= 0.3 is 5.97 Å². The van der Waals surface area contributed by atoms with Crippen molar-refractivity contribution in [2.24, 2.45) is 5.92 Å². The molecule has 6 nitrogen and oxygen atoms in total. The minimum absolute atomic E-state index is 0.0941. The van der Waals surface area contributed by atoms with Gasteiger partial charge in [0.15, 0.2) is 6.04 Å². The summed E-state index contributed by atoms with van der Waals surface area (Å²) >= 11 is 0. The first-order valence-corrected chi connectivity index (χ1v) is 7.74. The molecule has 0 saturated heterocycles. The van der Waals surface area contributed by atoms with Crippen molar-refractivity contribution in [1.82, 2.24) is 19.2 Å². The first-order valence-electron chi connectivity index (χ1n) is 7.74. The zero-order valence-corrected chi connectivity index (χ0v) is 13.5. The predicted molar refractivity (Wildman–Crippen MR) is 86.9 cm³/mol. The highest BCUT2D eigenvalue weighted by atomic mass is 16.5. The number of aromatic nitrogens is 4. The van der Waals surface area contributed by atoms with Crippen molar-refractivity contribution in [2.45, 2.75) is 26.8 Å². The van der Waals surface area contributed by atoms with Crippen LogP contribution in [0.15, 0.2) is 43.1 Å². The van der Waals surface area contributed by atoms with Crippen LogP contribution in [0.5, 0.6) is 0 Å². The van der Waals surface area contributed by atoms with Crippen molar-refractivity contribution in [2.75, 3.05) is 6.61 Å². The lowest BCUT2D eigenvalue weighted by Crippen LogP contribution is -2.26. The average Bonchev–Trinajstić information content (AvgIpc) is 3.15. The second kappa shape index (κ2) is 6.24. The van der Waals surface area contributed by atoms with Gasteiger partial charge in [-0.05, 0) is 30.5 Å². The third-order valence-electron chi connectivity index (χ3n) is 3.78. The predicted octanol–water partition coefficient (Wildman–Crippen LogP) is 2.96. The summed E-state index contributed by atoms with van der Waals surface area (Å²) in [6.45, 7) is 6.15.